The molecule has 0 atom stereocenters. The molecule has 30 heavy (non-hydrogen) atoms. The number of thiophene rings is 1. The van der Waals surface area contributed by atoms with Crippen molar-refractivity contribution in [3.8, 4) is 0 Å². The molecule has 1 aliphatic rings. The predicted octanol–water partition coefficient (Wildman–Crippen LogP) is 3.63. The highest BCUT2D eigenvalue weighted by Gasteiger charge is 2.25. The molecule has 0 saturated carbocycles. The standard InChI is InChI=1S/C22H21N3O4S/c26-20(15-3-5-17(6-4-15)24-21(27)19-2-1-13-30-19)23-18-7-10-25(11-8-18)22(28)16-9-12-29-14-16/h1-6,9,12-14,18H,7-8,10-11H2,(H,23,26)(H,24,27). The summed E-state index contributed by atoms with van der Waals surface area (Å²) in [6.45, 7) is 1.17. The molecule has 1 fully saturated rings. The van der Waals surface area contributed by atoms with E-state index in [1.807, 2.05) is 11.4 Å². The minimum absolute atomic E-state index is 0.0177. The highest BCUT2D eigenvalue weighted by molar-refractivity contribution is 7.12. The van der Waals surface area contributed by atoms with Crippen LogP contribution in [-0.4, -0.2) is 41.8 Å². The summed E-state index contributed by atoms with van der Waals surface area (Å²) >= 11 is 1.37. The number of carbonyl (C=O) groups is 3. The highest BCUT2D eigenvalue weighted by atomic mass is 32.1. The molecule has 3 amide bonds. The molecule has 1 aliphatic heterocycles. The van der Waals surface area contributed by atoms with Crippen molar-refractivity contribution in [2.75, 3.05) is 18.4 Å². The van der Waals surface area contributed by atoms with E-state index in [2.05, 4.69) is 10.6 Å². The van der Waals surface area contributed by atoms with E-state index in [1.54, 1.807) is 41.3 Å². The molecule has 2 N–H and O–H groups in total. The monoisotopic (exact) mass is 423 g/mol. The number of likely N-dealkylation sites (tertiary alicyclic amines) is 1. The summed E-state index contributed by atoms with van der Waals surface area (Å²) in [5.74, 6) is -0.376. The first-order valence-electron chi connectivity index (χ1n) is 9.67. The molecule has 0 bridgehead atoms. The van der Waals surface area contributed by atoms with Crippen LogP contribution < -0.4 is 10.6 Å². The Labute approximate surface area is 177 Å². The Balaban J connectivity index is 1.27. The summed E-state index contributed by atoms with van der Waals surface area (Å²) in [5.41, 5.74) is 1.71. The van der Waals surface area contributed by atoms with E-state index in [1.165, 1.54) is 23.9 Å². The smallest absolute Gasteiger partial charge is 0.265 e. The molecule has 0 aliphatic carbocycles. The number of hydrogen-bond acceptors (Lipinski definition) is 5. The lowest BCUT2D eigenvalue weighted by atomic mass is 10.0. The van der Waals surface area contributed by atoms with E-state index in [4.69, 9.17) is 4.42 Å². The van der Waals surface area contributed by atoms with Gasteiger partial charge in [-0.1, -0.05) is 6.07 Å². The number of piperidine rings is 1. The van der Waals surface area contributed by atoms with Gasteiger partial charge < -0.3 is 20.0 Å². The van der Waals surface area contributed by atoms with Crippen molar-refractivity contribution in [1.29, 1.82) is 0 Å². The van der Waals surface area contributed by atoms with Gasteiger partial charge in [-0.15, -0.1) is 11.3 Å². The molecule has 0 spiro atoms. The van der Waals surface area contributed by atoms with Gasteiger partial charge in [-0.2, -0.15) is 0 Å². The van der Waals surface area contributed by atoms with Crippen molar-refractivity contribution in [3.05, 3.63) is 76.4 Å². The minimum Gasteiger partial charge on any atom is -0.472 e. The fourth-order valence-electron chi connectivity index (χ4n) is 3.37. The van der Waals surface area contributed by atoms with Crippen LogP contribution in [0, 0.1) is 0 Å². The SMILES string of the molecule is O=C(NC1CCN(C(=O)c2ccoc2)CC1)c1ccc(NC(=O)c2cccs2)cc1. The van der Waals surface area contributed by atoms with Crippen LogP contribution >= 0.6 is 11.3 Å². The van der Waals surface area contributed by atoms with Crippen LogP contribution in [0.1, 0.15) is 43.2 Å². The summed E-state index contributed by atoms with van der Waals surface area (Å²) in [5, 5.41) is 7.69. The fourth-order valence-corrected chi connectivity index (χ4v) is 3.99. The average Bonchev–Trinajstić information content (AvgIpc) is 3.48. The number of amides is 3. The largest absolute Gasteiger partial charge is 0.472 e. The summed E-state index contributed by atoms with van der Waals surface area (Å²) in [6, 6.07) is 12.1. The normalized spacial score (nSPS) is 14.3. The second-order valence-electron chi connectivity index (χ2n) is 7.06. The number of furan rings is 1. The first-order chi connectivity index (χ1) is 14.6. The van der Waals surface area contributed by atoms with Crippen LogP contribution in [0.3, 0.4) is 0 Å². The number of rotatable bonds is 5. The van der Waals surface area contributed by atoms with E-state index in [9.17, 15) is 14.4 Å². The molecule has 4 rings (SSSR count). The van der Waals surface area contributed by atoms with Crippen LogP contribution in [0.2, 0.25) is 0 Å². The van der Waals surface area contributed by atoms with Gasteiger partial charge >= 0.3 is 0 Å². The van der Waals surface area contributed by atoms with E-state index in [0.717, 1.165) is 0 Å². The van der Waals surface area contributed by atoms with Crippen LogP contribution in [0.25, 0.3) is 0 Å². The molecule has 3 aromatic rings. The van der Waals surface area contributed by atoms with Crippen molar-refractivity contribution in [2.24, 2.45) is 0 Å². The van der Waals surface area contributed by atoms with Gasteiger partial charge in [0.1, 0.15) is 6.26 Å². The first-order valence-corrected chi connectivity index (χ1v) is 10.6. The minimum atomic E-state index is -0.168. The third-order valence-corrected chi connectivity index (χ3v) is 5.90. The molecule has 1 aromatic carbocycles. The zero-order valence-corrected chi connectivity index (χ0v) is 17.0. The summed E-state index contributed by atoms with van der Waals surface area (Å²) in [7, 11) is 0. The second kappa shape index (κ2) is 8.96. The van der Waals surface area contributed by atoms with Gasteiger partial charge in [0, 0.05) is 30.4 Å². The Hall–Kier alpha value is -3.39. The average molecular weight is 423 g/mol. The van der Waals surface area contributed by atoms with Gasteiger partial charge in [-0.3, -0.25) is 14.4 Å². The molecule has 0 unspecified atom stereocenters. The van der Waals surface area contributed by atoms with Crippen molar-refractivity contribution >= 4 is 34.7 Å². The van der Waals surface area contributed by atoms with Gasteiger partial charge in [-0.05, 0) is 54.6 Å². The lowest BCUT2D eigenvalue weighted by molar-refractivity contribution is 0.0697. The summed E-state index contributed by atoms with van der Waals surface area (Å²) in [4.78, 5) is 39.4. The maximum atomic E-state index is 12.5. The molecular weight excluding hydrogens is 402 g/mol. The maximum Gasteiger partial charge on any atom is 0.265 e. The van der Waals surface area contributed by atoms with E-state index in [0.29, 0.717) is 47.6 Å². The predicted molar refractivity (Wildman–Crippen MR) is 114 cm³/mol. The Morgan fingerprint density at radius 3 is 2.37 bits per heavy atom. The number of nitrogens with one attached hydrogen (secondary N) is 2. The summed E-state index contributed by atoms with van der Waals surface area (Å²) < 4.78 is 4.97. The number of anilines is 1. The quantitative estimate of drug-likeness (QED) is 0.656. The lowest BCUT2D eigenvalue weighted by Gasteiger charge is -2.32. The van der Waals surface area contributed by atoms with Gasteiger partial charge in [0.15, 0.2) is 0 Å². The number of nitrogens with zero attached hydrogens (tertiary/aromatic N) is 1. The van der Waals surface area contributed by atoms with Crippen LogP contribution in [-0.2, 0) is 0 Å². The molecule has 154 valence electrons. The highest BCUT2D eigenvalue weighted by Crippen LogP contribution is 2.17. The van der Waals surface area contributed by atoms with Crippen molar-refractivity contribution in [1.82, 2.24) is 10.2 Å². The number of hydrogen-bond donors (Lipinski definition) is 2. The zero-order chi connectivity index (χ0) is 20.9. The second-order valence-corrected chi connectivity index (χ2v) is 8.01. The molecule has 2 aromatic heterocycles. The molecular formula is C22H21N3O4S. The van der Waals surface area contributed by atoms with Gasteiger partial charge in [0.25, 0.3) is 17.7 Å². The first kappa shape index (κ1) is 19.9. The molecule has 1 saturated heterocycles. The van der Waals surface area contributed by atoms with Crippen LogP contribution in [0.15, 0.2) is 64.8 Å². The van der Waals surface area contributed by atoms with Crippen molar-refractivity contribution < 1.29 is 18.8 Å². The van der Waals surface area contributed by atoms with Crippen molar-refractivity contribution in [3.63, 3.8) is 0 Å². The third kappa shape index (κ3) is 4.60. The molecule has 0 radical (unpaired) electrons. The van der Waals surface area contributed by atoms with Crippen molar-refractivity contribution in [2.45, 2.75) is 18.9 Å². The van der Waals surface area contributed by atoms with Gasteiger partial charge in [0.2, 0.25) is 0 Å². The lowest BCUT2D eigenvalue weighted by Crippen LogP contribution is -2.46. The van der Waals surface area contributed by atoms with Gasteiger partial charge in [-0.25, -0.2) is 0 Å². The fraction of sp³-hybridized carbons (Fsp3) is 0.227. The maximum absolute atomic E-state index is 12.5. The molecule has 7 nitrogen and oxygen atoms in total. The van der Waals surface area contributed by atoms with E-state index < -0.39 is 0 Å². The zero-order valence-electron chi connectivity index (χ0n) is 16.2. The van der Waals surface area contributed by atoms with E-state index >= 15 is 0 Å². The Morgan fingerprint density at radius 1 is 0.967 bits per heavy atom. The molecule has 8 heteroatoms. The van der Waals surface area contributed by atoms with Crippen LogP contribution in [0.4, 0.5) is 5.69 Å². The number of carbonyl (C=O) groups excluding carboxylic acids is 3. The Kier molecular flexibility index (Phi) is 5.94. The third-order valence-electron chi connectivity index (χ3n) is 5.04. The topological polar surface area (TPSA) is 91.7 Å². The van der Waals surface area contributed by atoms with Crippen LogP contribution in [0.5, 0.6) is 0 Å². The Bertz CT molecular complexity index is 1010. The van der Waals surface area contributed by atoms with E-state index in [-0.39, 0.29) is 23.8 Å². The molecule has 3 heterocycles. The number of benzene rings is 1. The van der Waals surface area contributed by atoms with Gasteiger partial charge in [0.05, 0.1) is 16.7 Å². The summed E-state index contributed by atoms with van der Waals surface area (Å²) in [6.07, 6.45) is 4.33. The Morgan fingerprint density at radius 2 is 1.73 bits per heavy atom.